The molecule has 1 radical (unpaired) electrons. The van der Waals surface area contributed by atoms with E-state index in [-0.39, 0.29) is 11.5 Å². The first-order valence-electron chi connectivity index (χ1n) is 4.72. The summed E-state index contributed by atoms with van der Waals surface area (Å²) in [5.74, 6) is -0.381. The van der Waals surface area contributed by atoms with Crippen LogP contribution in [0.25, 0.3) is 16.8 Å². The number of ketones is 1. The van der Waals surface area contributed by atoms with Crippen LogP contribution < -0.4 is 0 Å². The fourth-order valence-electron chi connectivity index (χ4n) is 2.02. The van der Waals surface area contributed by atoms with E-state index in [9.17, 15) is 9.90 Å². The minimum atomic E-state index is -0.190. The third-order valence-electron chi connectivity index (χ3n) is 2.70. The number of carbonyl (C=O) groups is 1. The molecule has 0 spiro atoms. The van der Waals surface area contributed by atoms with Gasteiger partial charge in [0.1, 0.15) is 0 Å². The first kappa shape index (κ1) is 8.24. The molecule has 0 atom stereocenters. The van der Waals surface area contributed by atoms with Crippen LogP contribution in [0.2, 0.25) is 0 Å². The molecule has 2 aromatic carbocycles. The molecule has 2 heteroatoms. The van der Waals surface area contributed by atoms with Crippen molar-refractivity contribution in [1.82, 2.24) is 0 Å². The number of benzene rings is 2. The zero-order valence-corrected chi connectivity index (χ0v) is 7.86. The van der Waals surface area contributed by atoms with Crippen molar-refractivity contribution >= 4 is 22.6 Å². The van der Waals surface area contributed by atoms with Gasteiger partial charge < -0.3 is 0 Å². The van der Waals surface area contributed by atoms with E-state index in [1.807, 2.05) is 18.2 Å². The van der Waals surface area contributed by atoms with E-state index in [0.717, 1.165) is 16.3 Å². The molecule has 1 aliphatic rings. The van der Waals surface area contributed by atoms with Crippen molar-refractivity contribution in [2.45, 2.75) is 0 Å². The van der Waals surface area contributed by atoms with E-state index >= 15 is 0 Å². The zero-order valence-electron chi connectivity index (χ0n) is 7.86. The van der Waals surface area contributed by atoms with Gasteiger partial charge in [0, 0.05) is 5.39 Å². The van der Waals surface area contributed by atoms with E-state index in [2.05, 4.69) is 0 Å². The smallest absolute Gasteiger partial charge is 0.190 e. The fraction of sp³-hybridized carbons (Fsp3) is 0. The first-order chi connectivity index (χ1) is 7.27. The topological polar surface area (TPSA) is 37.0 Å². The Labute approximate surface area is 86.5 Å². The molecule has 0 aliphatic heterocycles. The van der Waals surface area contributed by atoms with E-state index in [1.165, 1.54) is 12.1 Å². The van der Waals surface area contributed by atoms with Gasteiger partial charge in [-0.05, 0) is 23.1 Å². The van der Waals surface area contributed by atoms with Crippen LogP contribution >= 0.6 is 0 Å². The first-order valence-corrected chi connectivity index (χ1v) is 4.72. The minimum Gasteiger partial charge on any atom is -0.289 e. The van der Waals surface area contributed by atoms with E-state index in [1.54, 1.807) is 12.1 Å². The largest absolute Gasteiger partial charge is 0.289 e. The third kappa shape index (κ3) is 1.02. The van der Waals surface area contributed by atoms with Crippen LogP contribution in [-0.4, -0.2) is 5.78 Å². The van der Waals surface area contributed by atoms with Crippen LogP contribution in [0.5, 0.6) is 5.75 Å². The molecule has 0 fully saturated rings. The second kappa shape index (κ2) is 2.70. The Kier molecular flexibility index (Phi) is 1.48. The van der Waals surface area contributed by atoms with Crippen molar-refractivity contribution in [1.29, 1.82) is 0 Å². The fourth-order valence-corrected chi connectivity index (χ4v) is 2.02. The third-order valence-corrected chi connectivity index (χ3v) is 2.70. The highest BCUT2D eigenvalue weighted by Gasteiger charge is 2.19. The maximum Gasteiger partial charge on any atom is 0.190 e. The van der Waals surface area contributed by atoms with Crippen molar-refractivity contribution in [3.8, 4) is 5.75 Å². The summed E-state index contributed by atoms with van der Waals surface area (Å²) >= 11 is 0. The molecule has 0 amide bonds. The average molecular weight is 195 g/mol. The van der Waals surface area contributed by atoms with Crippen molar-refractivity contribution < 1.29 is 9.90 Å². The van der Waals surface area contributed by atoms with Crippen LogP contribution in [0.4, 0.5) is 0 Å². The Bertz CT molecular complexity index is 609. The predicted octanol–water partition coefficient (Wildman–Crippen LogP) is 3.19. The van der Waals surface area contributed by atoms with Gasteiger partial charge in [-0.3, -0.25) is 9.90 Å². The van der Waals surface area contributed by atoms with E-state index < -0.39 is 0 Å². The quantitative estimate of drug-likeness (QED) is 0.636. The number of hydrogen-bond donors (Lipinski definition) is 0. The average Bonchev–Trinajstić information content (AvgIpc) is 2.25. The van der Waals surface area contributed by atoms with Gasteiger partial charge in [-0.1, -0.05) is 30.3 Å². The van der Waals surface area contributed by atoms with Crippen LogP contribution in [-0.2, 0) is 5.11 Å². The Morgan fingerprint density at radius 1 is 0.933 bits per heavy atom. The maximum atomic E-state index is 11.6. The van der Waals surface area contributed by atoms with Gasteiger partial charge in [-0.2, -0.15) is 0 Å². The lowest BCUT2D eigenvalue weighted by Crippen LogP contribution is -2.01. The highest BCUT2D eigenvalue weighted by Crippen LogP contribution is 2.34. The molecule has 0 N–H and O–H groups in total. The Hall–Kier alpha value is -2.09. The summed E-state index contributed by atoms with van der Waals surface area (Å²) in [5.41, 5.74) is 1.26. The molecule has 0 saturated heterocycles. The summed E-state index contributed by atoms with van der Waals surface area (Å²) in [4.78, 5) is 11.6. The van der Waals surface area contributed by atoms with E-state index in [4.69, 9.17) is 0 Å². The van der Waals surface area contributed by atoms with Gasteiger partial charge in [0.05, 0.1) is 5.56 Å². The molecule has 2 aromatic rings. The molecule has 1 aliphatic carbocycles. The lowest BCUT2D eigenvalue weighted by molar-refractivity contribution is 0.104. The Morgan fingerprint density at radius 2 is 1.80 bits per heavy atom. The Balaban J connectivity index is 2.60. The number of hydrogen-bond acceptors (Lipinski definition) is 1. The molecular formula is C13H7O2. The molecule has 15 heavy (non-hydrogen) atoms. The monoisotopic (exact) mass is 195 g/mol. The summed E-state index contributed by atoms with van der Waals surface area (Å²) in [7, 11) is 0. The normalized spacial score (nSPS) is 13.5. The van der Waals surface area contributed by atoms with Gasteiger partial charge in [0.15, 0.2) is 11.5 Å². The number of allylic oxidation sites excluding steroid dienone is 1. The number of carbonyl (C=O) groups excluding carboxylic acids is 1. The Morgan fingerprint density at radius 3 is 2.67 bits per heavy atom. The maximum absolute atomic E-state index is 11.6. The van der Waals surface area contributed by atoms with Crippen molar-refractivity contribution in [2.24, 2.45) is 0 Å². The summed E-state index contributed by atoms with van der Waals surface area (Å²) in [6.07, 6.45) is 3.22. The van der Waals surface area contributed by atoms with Gasteiger partial charge >= 0.3 is 0 Å². The summed E-state index contributed by atoms with van der Waals surface area (Å²) < 4.78 is 0. The number of rotatable bonds is 0. The SMILES string of the molecule is [O]c1ccc2cccc3c2c1C(=O)C=C3. The van der Waals surface area contributed by atoms with Crippen LogP contribution in [0.15, 0.2) is 36.4 Å². The van der Waals surface area contributed by atoms with Crippen LogP contribution in [0.1, 0.15) is 15.9 Å². The molecular weight excluding hydrogens is 188 g/mol. The van der Waals surface area contributed by atoms with Crippen molar-refractivity contribution in [2.75, 3.05) is 0 Å². The lowest BCUT2D eigenvalue weighted by atomic mass is 9.92. The standard InChI is InChI=1S/C13H7O2/c14-10-6-4-8-2-1-3-9-5-7-11(15)13(10)12(8)9/h1-7H. The molecule has 0 saturated carbocycles. The van der Waals surface area contributed by atoms with Crippen molar-refractivity contribution in [3.05, 3.63) is 47.5 Å². The van der Waals surface area contributed by atoms with Crippen LogP contribution in [0, 0.1) is 0 Å². The van der Waals surface area contributed by atoms with E-state index in [0.29, 0.717) is 5.56 Å². The molecule has 0 unspecified atom stereocenters. The molecule has 71 valence electrons. The highest BCUT2D eigenvalue weighted by atomic mass is 16.3. The van der Waals surface area contributed by atoms with Gasteiger partial charge in [-0.25, -0.2) is 0 Å². The lowest BCUT2D eigenvalue weighted by Gasteiger charge is -2.11. The molecule has 0 bridgehead atoms. The molecule has 3 rings (SSSR count). The summed E-state index contributed by atoms with van der Waals surface area (Å²) in [5, 5.41) is 13.3. The van der Waals surface area contributed by atoms with Gasteiger partial charge in [0.2, 0.25) is 0 Å². The summed E-state index contributed by atoms with van der Waals surface area (Å²) in [6.45, 7) is 0. The van der Waals surface area contributed by atoms with Crippen LogP contribution in [0.3, 0.4) is 0 Å². The zero-order chi connectivity index (χ0) is 10.4. The van der Waals surface area contributed by atoms with Gasteiger partial charge in [0.25, 0.3) is 0 Å². The minimum absolute atomic E-state index is 0.190. The second-order valence-corrected chi connectivity index (χ2v) is 3.58. The summed E-state index contributed by atoms with van der Waals surface area (Å²) in [6, 6.07) is 8.96. The highest BCUT2D eigenvalue weighted by molar-refractivity contribution is 6.21. The van der Waals surface area contributed by atoms with Crippen molar-refractivity contribution in [3.63, 3.8) is 0 Å². The molecule has 2 nitrogen and oxygen atoms in total. The second-order valence-electron chi connectivity index (χ2n) is 3.58. The van der Waals surface area contributed by atoms with Gasteiger partial charge in [-0.15, -0.1) is 0 Å². The molecule has 0 aromatic heterocycles. The predicted molar refractivity (Wildman–Crippen MR) is 57.4 cm³/mol. The molecule has 0 heterocycles.